The quantitative estimate of drug-likeness (QED) is 0.641. The Morgan fingerprint density at radius 3 is 2.48 bits per heavy atom. The van der Waals surface area contributed by atoms with Crippen LogP contribution in [0.4, 0.5) is 5.69 Å². The normalized spacial score (nSPS) is 12.5. The topological polar surface area (TPSA) is 94.1 Å². The number of nitrogens with zero attached hydrogens (tertiary/aromatic N) is 3. The van der Waals surface area contributed by atoms with E-state index >= 15 is 0 Å². The van der Waals surface area contributed by atoms with Gasteiger partial charge in [0, 0.05) is 24.6 Å². The smallest absolute Gasteiger partial charge is 0.269 e. The maximum Gasteiger partial charge on any atom is 0.269 e. The molecule has 0 radical (unpaired) electrons. The molecule has 8 heteroatoms. The average Bonchev–Trinajstić information content (AvgIpc) is 2.96. The summed E-state index contributed by atoms with van der Waals surface area (Å²) in [5.74, 6) is 1.14. The van der Waals surface area contributed by atoms with E-state index in [1.807, 2.05) is 27.8 Å². The molecule has 0 fully saturated rings. The van der Waals surface area contributed by atoms with Crippen molar-refractivity contribution in [1.82, 2.24) is 15.5 Å². The van der Waals surface area contributed by atoms with Gasteiger partial charge in [-0.05, 0) is 33.4 Å². The number of nitro benzene ring substituents is 1. The molecule has 0 saturated heterocycles. The molecule has 0 amide bonds. The Balaban J connectivity index is 0.00000264. The molecule has 1 N–H and O–H groups in total. The van der Waals surface area contributed by atoms with Crippen molar-refractivity contribution < 1.29 is 9.45 Å². The van der Waals surface area contributed by atoms with Gasteiger partial charge in [0.2, 0.25) is 5.89 Å². The third-order valence-electron chi connectivity index (χ3n) is 3.78. The molecule has 2 aromatic rings. The van der Waals surface area contributed by atoms with Crippen LogP contribution in [0.25, 0.3) is 0 Å². The molecule has 2 rings (SSSR count). The highest BCUT2D eigenvalue weighted by atomic mass is 35.5. The summed E-state index contributed by atoms with van der Waals surface area (Å²) in [5.41, 5.74) is 0.437. The zero-order valence-electron chi connectivity index (χ0n) is 13.6. The molecule has 126 valence electrons. The van der Waals surface area contributed by atoms with Crippen molar-refractivity contribution in [2.45, 2.75) is 38.6 Å². The second kappa shape index (κ2) is 7.52. The molecule has 1 unspecified atom stereocenters. The number of likely N-dealkylation sites (N-methyl/N-ethyl adjacent to an activating group) is 1. The predicted molar refractivity (Wildman–Crippen MR) is 89.0 cm³/mol. The number of nitrogens with one attached hydrogen (secondary N) is 1. The molecule has 0 aliphatic rings. The minimum atomic E-state index is -0.511. The fraction of sp³-hybridized carbons (Fsp3) is 0.467. The van der Waals surface area contributed by atoms with E-state index in [9.17, 15) is 10.1 Å². The molecule has 1 heterocycles. The van der Waals surface area contributed by atoms with Crippen molar-refractivity contribution in [3.8, 4) is 0 Å². The predicted octanol–water partition coefficient (Wildman–Crippen LogP) is 2.88. The van der Waals surface area contributed by atoms with Crippen molar-refractivity contribution in [3.63, 3.8) is 0 Å². The van der Waals surface area contributed by atoms with Crippen LogP contribution in [-0.2, 0) is 11.8 Å². The van der Waals surface area contributed by atoms with Crippen LogP contribution in [0.1, 0.15) is 38.0 Å². The van der Waals surface area contributed by atoms with Gasteiger partial charge in [0.1, 0.15) is 0 Å². The Labute approximate surface area is 141 Å². The van der Waals surface area contributed by atoms with Gasteiger partial charge < -0.3 is 9.84 Å². The van der Waals surface area contributed by atoms with Gasteiger partial charge in [-0.1, -0.05) is 17.3 Å². The van der Waals surface area contributed by atoms with E-state index < -0.39 is 10.3 Å². The Bertz CT molecular complexity index is 655. The number of nitro groups is 1. The summed E-state index contributed by atoms with van der Waals surface area (Å²) in [7, 11) is 1.88. The fourth-order valence-electron chi connectivity index (χ4n) is 2.09. The first-order valence-electron chi connectivity index (χ1n) is 7.10. The second-order valence-electron chi connectivity index (χ2n) is 5.84. The number of hydrogen-bond acceptors (Lipinski definition) is 6. The van der Waals surface area contributed by atoms with E-state index in [4.69, 9.17) is 4.52 Å². The van der Waals surface area contributed by atoms with E-state index in [1.165, 1.54) is 12.1 Å². The van der Waals surface area contributed by atoms with Gasteiger partial charge in [0.15, 0.2) is 5.82 Å². The number of benzene rings is 1. The van der Waals surface area contributed by atoms with Gasteiger partial charge in [-0.15, -0.1) is 12.4 Å². The molecule has 0 saturated carbocycles. The van der Waals surface area contributed by atoms with Crippen LogP contribution < -0.4 is 5.32 Å². The molecular formula is C15H21ClN4O3. The van der Waals surface area contributed by atoms with Crippen LogP contribution in [0.15, 0.2) is 28.8 Å². The molecule has 0 aliphatic heterocycles. The van der Waals surface area contributed by atoms with Crippen molar-refractivity contribution in [2.24, 2.45) is 0 Å². The Hall–Kier alpha value is -1.99. The summed E-state index contributed by atoms with van der Waals surface area (Å²) in [6.07, 6.45) is 0.677. The lowest BCUT2D eigenvalue weighted by Crippen LogP contribution is -2.24. The SMILES string of the molecule is CNC(C)Cc1noc(C(C)(C)c2ccc([N+](=O)[O-])cc2)n1.Cl. The lowest BCUT2D eigenvalue weighted by Gasteiger charge is -2.20. The van der Waals surface area contributed by atoms with Crippen molar-refractivity contribution in [2.75, 3.05) is 7.05 Å². The number of non-ortho nitro benzene ring substituents is 1. The lowest BCUT2D eigenvalue weighted by atomic mass is 9.84. The van der Waals surface area contributed by atoms with Crippen LogP contribution in [0.2, 0.25) is 0 Å². The van der Waals surface area contributed by atoms with Crippen molar-refractivity contribution in [3.05, 3.63) is 51.7 Å². The van der Waals surface area contributed by atoms with E-state index in [1.54, 1.807) is 12.1 Å². The van der Waals surface area contributed by atoms with Gasteiger partial charge in [-0.3, -0.25) is 10.1 Å². The summed E-state index contributed by atoms with van der Waals surface area (Å²) >= 11 is 0. The first-order valence-corrected chi connectivity index (χ1v) is 7.10. The highest BCUT2D eigenvalue weighted by Crippen LogP contribution is 2.31. The summed E-state index contributed by atoms with van der Waals surface area (Å²) in [5, 5.41) is 17.9. The molecule has 1 atom stereocenters. The standard InChI is InChI=1S/C15H20N4O3.ClH/c1-10(16-4)9-13-17-14(22-18-13)15(2,3)11-5-7-12(8-6-11)19(20)21;/h5-8,10,16H,9H2,1-4H3;1H. The van der Waals surface area contributed by atoms with Crippen LogP contribution in [0, 0.1) is 10.1 Å². The van der Waals surface area contributed by atoms with Crippen molar-refractivity contribution >= 4 is 18.1 Å². The van der Waals surface area contributed by atoms with Gasteiger partial charge in [-0.2, -0.15) is 4.98 Å². The first kappa shape index (κ1) is 19.1. The molecule has 1 aromatic heterocycles. The van der Waals surface area contributed by atoms with Crippen LogP contribution >= 0.6 is 12.4 Å². The molecule has 0 spiro atoms. The van der Waals surface area contributed by atoms with Crippen LogP contribution in [-0.4, -0.2) is 28.2 Å². The zero-order valence-corrected chi connectivity index (χ0v) is 14.4. The molecule has 1 aromatic carbocycles. The number of hydrogen-bond donors (Lipinski definition) is 1. The highest BCUT2D eigenvalue weighted by Gasteiger charge is 2.30. The van der Waals surface area contributed by atoms with E-state index in [-0.39, 0.29) is 24.1 Å². The van der Waals surface area contributed by atoms with Gasteiger partial charge in [0.05, 0.1) is 10.3 Å². The fourth-order valence-corrected chi connectivity index (χ4v) is 2.09. The minimum Gasteiger partial charge on any atom is -0.338 e. The highest BCUT2D eigenvalue weighted by molar-refractivity contribution is 5.85. The molecule has 7 nitrogen and oxygen atoms in total. The lowest BCUT2D eigenvalue weighted by molar-refractivity contribution is -0.384. The maximum atomic E-state index is 10.7. The van der Waals surface area contributed by atoms with E-state index in [2.05, 4.69) is 15.5 Å². The third kappa shape index (κ3) is 4.27. The third-order valence-corrected chi connectivity index (χ3v) is 3.78. The summed E-state index contributed by atoms with van der Waals surface area (Å²) in [6, 6.07) is 6.67. The number of rotatable bonds is 6. The molecule has 0 aliphatic carbocycles. The molecule has 23 heavy (non-hydrogen) atoms. The van der Waals surface area contributed by atoms with Gasteiger partial charge in [-0.25, -0.2) is 0 Å². The van der Waals surface area contributed by atoms with Crippen LogP contribution in [0.3, 0.4) is 0 Å². The first-order chi connectivity index (χ1) is 10.3. The Morgan fingerprint density at radius 1 is 1.35 bits per heavy atom. The molecular weight excluding hydrogens is 320 g/mol. The second-order valence-corrected chi connectivity index (χ2v) is 5.84. The summed E-state index contributed by atoms with van der Waals surface area (Å²) in [4.78, 5) is 14.8. The number of aromatic nitrogens is 2. The van der Waals surface area contributed by atoms with E-state index in [0.717, 1.165) is 5.56 Å². The van der Waals surface area contributed by atoms with Gasteiger partial charge in [0.25, 0.3) is 5.69 Å². The summed E-state index contributed by atoms with van der Waals surface area (Å²) < 4.78 is 5.38. The maximum absolute atomic E-state index is 10.7. The average molecular weight is 341 g/mol. The zero-order chi connectivity index (χ0) is 16.3. The van der Waals surface area contributed by atoms with Crippen LogP contribution in [0.5, 0.6) is 0 Å². The van der Waals surface area contributed by atoms with Crippen molar-refractivity contribution in [1.29, 1.82) is 0 Å². The Morgan fingerprint density at radius 2 is 1.96 bits per heavy atom. The Kier molecular flexibility index (Phi) is 6.23. The summed E-state index contributed by atoms with van der Waals surface area (Å²) in [6.45, 7) is 5.94. The van der Waals surface area contributed by atoms with E-state index in [0.29, 0.717) is 18.1 Å². The monoisotopic (exact) mass is 340 g/mol. The molecule has 0 bridgehead atoms. The minimum absolute atomic E-state index is 0. The van der Waals surface area contributed by atoms with Gasteiger partial charge >= 0.3 is 0 Å². The largest absolute Gasteiger partial charge is 0.338 e. The number of halogens is 1.